The van der Waals surface area contributed by atoms with Crippen molar-refractivity contribution < 1.29 is 14.3 Å². The highest BCUT2D eigenvalue weighted by molar-refractivity contribution is 6.22. The van der Waals surface area contributed by atoms with Gasteiger partial charge >= 0.3 is 11.9 Å². The zero-order valence-corrected chi connectivity index (χ0v) is 11.2. The van der Waals surface area contributed by atoms with Gasteiger partial charge in [-0.25, -0.2) is 9.59 Å². The van der Waals surface area contributed by atoms with Crippen LogP contribution in [0.4, 0.5) is 0 Å². The van der Waals surface area contributed by atoms with E-state index in [0.29, 0.717) is 17.0 Å². The molecule has 0 spiro atoms. The Kier molecular flexibility index (Phi) is 2.28. The van der Waals surface area contributed by atoms with E-state index in [1.54, 1.807) is 0 Å². The van der Waals surface area contributed by atoms with Crippen LogP contribution in [-0.4, -0.2) is 11.9 Å². The van der Waals surface area contributed by atoms with Crippen molar-refractivity contribution in [3.63, 3.8) is 0 Å². The number of rotatable bonds is 0. The van der Waals surface area contributed by atoms with Crippen molar-refractivity contribution in [1.82, 2.24) is 0 Å². The van der Waals surface area contributed by atoms with Crippen molar-refractivity contribution in [2.75, 3.05) is 0 Å². The first kappa shape index (κ1) is 11.6. The van der Waals surface area contributed by atoms with Crippen LogP contribution in [0, 0.1) is 5.92 Å². The Bertz CT molecular complexity index is 773. The number of aryl methyl sites for hydroxylation is 1. The van der Waals surface area contributed by atoms with E-state index < -0.39 is 11.9 Å². The van der Waals surface area contributed by atoms with Gasteiger partial charge in [0.05, 0.1) is 11.1 Å². The fraction of sp³-hybridized carbons (Fsp3) is 0.294. The monoisotopic (exact) mass is 266 g/mol. The quantitative estimate of drug-likeness (QED) is 0.543. The van der Waals surface area contributed by atoms with Gasteiger partial charge in [-0.1, -0.05) is 31.2 Å². The molecular weight excluding hydrogens is 252 g/mol. The fourth-order valence-corrected chi connectivity index (χ4v) is 3.54. The third kappa shape index (κ3) is 1.40. The number of hydrogen-bond acceptors (Lipinski definition) is 3. The van der Waals surface area contributed by atoms with Crippen LogP contribution in [0.25, 0.3) is 10.8 Å². The largest absolute Gasteiger partial charge is 0.386 e. The lowest BCUT2D eigenvalue weighted by atomic mass is 9.78. The van der Waals surface area contributed by atoms with Gasteiger partial charge in [0.15, 0.2) is 0 Å². The predicted molar refractivity (Wildman–Crippen MR) is 74.9 cm³/mol. The molecule has 1 unspecified atom stereocenters. The highest BCUT2D eigenvalue weighted by Crippen LogP contribution is 2.39. The fourth-order valence-electron chi connectivity index (χ4n) is 3.54. The molecule has 100 valence electrons. The average molecular weight is 266 g/mol. The number of cyclic esters (lactones) is 2. The lowest BCUT2D eigenvalue weighted by Gasteiger charge is -2.24. The molecule has 1 atom stereocenters. The number of fused-ring (bicyclic) bond motifs is 6. The van der Waals surface area contributed by atoms with Gasteiger partial charge in [-0.05, 0) is 47.1 Å². The predicted octanol–water partition coefficient (Wildman–Crippen LogP) is 3.28. The molecule has 2 aromatic rings. The third-order valence-electron chi connectivity index (χ3n) is 4.47. The van der Waals surface area contributed by atoms with E-state index in [9.17, 15) is 9.59 Å². The molecule has 20 heavy (non-hydrogen) atoms. The van der Waals surface area contributed by atoms with Crippen molar-refractivity contribution in [3.8, 4) is 0 Å². The van der Waals surface area contributed by atoms with Crippen LogP contribution in [0.5, 0.6) is 0 Å². The number of ether oxygens (including phenoxy) is 1. The lowest BCUT2D eigenvalue weighted by Crippen LogP contribution is -2.16. The molecule has 1 aliphatic heterocycles. The minimum Gasteiger partial charge on any atom is -0.386 e. The topological polar surface area (TPSA) is 43.4 Å². The molecule has 2 aliphatic rings. The number of carbonyl (C=O) groups excluding carboxylic acids is 2. The summed E-state index contributed by atoms with van der Waals surface area (Å²) >= 11 is 0. The van der Waals surface area contributed by atoms with Gasteiger partial charge in [0.25, 0.3) is 0 Å². The Balaban J connectivity index is 2.18. The normalized spacial score (nSPS) is 20.8. The van der Waals surface area contributed by atoms with E-state index >= 15 is 0 Å². The van der Waals surface area contributed by atoms with Gasteiger partial charge in [-0.15, -0.1) is 0 Å². The summed E-state index contributed by atoms with van der Waals surface area (Å²) in [5.41, 5.74) is 3.26. The highest BCUT2D eigenvalue weighted by Gasteiger charge is 2.37. The molecule has 1 aliphatic carbocycles. The molecule has 3 heteroatoms. The standard InChI is InChI=1S/C17H14O3/c1-9-6-7-11-10-4-2-3-5-12(10)14-15(13(11)8-9)17(19)20-16(14)18/h2-5,9H,6-8H2,1H3. The number of carbonyl (C=O) groups is 2. The van der Waals surface area contributed by atoms with Crippen LogP contribution >= 0.6 is 0 Å². The molecule has 0 saturated carbocycles. The van der Waals surface area contributed by atoms with Crippen LogP contribution < -0.4 is 0 Å². The number of hydrogen-bond donors (Lipinski definition) is 0. The van der Waals surface area contributed by atoms with Gasteiger partial charge < -0.3 is 4.74 Å². The van der Waals surface area contributed by atoms with Crippen molar-refractivity contribution in [2.24, 2.45) is 5.92 Å². The summed E-state index contributed by atoms with van der Waals surface area (Å²) in [5, 5.41) is 1.95. The first-order valence-electron chi connectivity index (χ1n) is 6.99. The molecule has 0 amide bonds. The highest BCUT2D eigenvalue weighted by atomic mass is 16.6. The van der Waals surface area contributed by atoms with Gasteiger partial charge in [-0.2, -0.15) is 0 Å². The molecule has 0 N–H and O–H groups in total. The molecule has 4 rings (SSSR count). The average Bonchev–Trinajstić information content (AvgIpc) is 2.74. The van der Waals surface area contributed by atoms with E-state index in [-0.39, 0.29) is 0 Å². The molecule has 3 nitrogen and oxygen atoms in total. The Morgan fingerprint density at radius 2 is 1.70 bits per heavy atom. The summed E-state index contributed by atoms with van der Waals surface area (Å²) in [6.45, 7) is 2.19. The molecular formula is C17H14O3. The Morgan fingerprint density at radius 1 is 1.00 bits per heavy atom. The first-order valence-corrected chi connectivity index (χ1v) is 6.99. The summed E-state index contributed by atoms with van der Waals surface area (Å²) in [4.78, 5) is 24.1. The molecule has 0 fully saturated rings. The second kappa shape index (κ2) is 3.92. The van der Waals surface area contributed by atoms with Crippen molar-refractivity contribution in [3.05, 3.63) is 46.5 Å². The summed E-state index contributed by atoms with van der Waals surface area (Å²) in [5.74, 6) is -0.431. The van der Waals surface area contributed by atoms with E-state index in [0.717, 1.165) is 35.6 Å². The maximum Gasteiger partial charge on any atom is 0.347 e. The molecule has 2 aromatic carbocycles. The molecule has 0 aromatic heterocycles. The number of esters is 2. The van der Waals surface area contributed by atoms with Crippen LogP contribution in [0.15, 0.2) is 24.3 Å². The zero-order valence-electron chi connectivity index (χ0n) is 11.2. The zero-order chi connectivity index (χ0) is 13.9. The minimum atomic E-state index is -0.498. The van der Waals surface area contributed by atoms with Crippen LogP contribution in [0.1, 0.15) is 45.2 Å². The second-order valence-corrected chi connectivity index (χ2v) is 5.78. The number of benzene rings is 2. The molecule has 0 saturated heterocycles. The summed E-state index contributed by atoms with van der Waals surface area (Å²) in [7, 11) is 0. The van der Waals surface area contributed by atoms with Crippen LogP contribution in [0.3, 0.4) is 0 Å². The molecule has 0 bridgehead atoms. The van der Waals surface area contributed by atoms with E-state index in [2.05, 4.69) is 6.92 Å². The van der Waals surface area contributed by atoms with E-state index in [4.69, 9.17) is 4.74 Å². The lowest BCUT2D eigenvalue weighted by molar-refractivity contribution is 0.0444. The minimum absolute atomic E-state index is 0.471. The maximum absolute atomic E-state index is 12.1. The van der Waals surface area contributed by atoms with E-state index in [1.165, 1.54) is 5.56 Å². The maximum atomic E-state index is 12.1. The first-order chi connectivity index (χ1) is 9.66. The summed E-state index contributed by atoms with van der Waals surface area (Å²) in [6, 6.07) is 7.83. The van der Waals surface area contributed by atoms with E-state index in [1.807, 2.05) is 24.3 Å². The van der Waals surface area contributed by atoms with Crippen molar-refractivity contribution >= 4 is 22.7 Å². The Hall–Kier alpha value is -2.16. The van der Waals surface area contributed by atoms with Gasteiger partial charge in [0, 0.05) is 0 Å². The second-order valence-electron chi connectivity index (χ2n) is 5.78. The Labute approximate surface area is 116 Å². The van der Waals surface area contributed by atoms with Gasteiger partial charge in [0.2, 0.25) is 0 Å². The molecule has 1 heterocycles. The smallest absolute Gasteiger partial charge is 0.347 e. The Morgan fingerprint density at radius 3 is 2.50 bits per heavy atom. The van der Waals surface area contributed by atoms with Crippen LogP contribution in [0.2, 0.25) is 0 Å². The van der Waals surface area contributed by atoms with Gasteiger partial charge in [-0.3, -0.25) is 0 Å². The third-order valence-corrected chi connectivity index (χ3v) is 4.47. The van der Waals surface area contributed by atoms with Gasteiger partial charge in [0.1, 0.15) is 0 Å². The summed E-state index contributed by atoms with van der Waals surface area (Å²) < 4.78 is 4.86. The van der Waals surface area contributed by atoms with Crippen molar-refractivity contribution in [1.29, 1.82) is 0 Å². The molecule has 0 radical (unpaired) electrons. The summed E-state index contributed by atoms with van der Waals surface area (Å²) in [6.07, 6.45) is 2.94. The SMILES string of the molecule is CC1CCc2c(c3c(c4ccccc24)C(=O)OC3=O)C1. The van der Waals surface area contributed by atoms with Crippen LogP contribution in [-0.2, 0) is 17.6 Å². The van der Waals surface area contributed by atoms with Crippen molar-refractivity contribution in [2.45, 2.75) is 26.2 Å².